The lowest BCUT2D eigenvalue weighted by molar-refractivity contribution is -0.0277. The van der Waals surface area contributed by atoms with Gasteiger partial charge in [-0.2, -0.15) is 0 Å². The van der Waals surface area contributed by atoms with Gasteiger partial charge in [0.1, 0.15) is 0 Å². The van der Waals surface area contributed by atoms with Crippen LogP contribution in [0.1, 0.15) is 71.6 Å². The van der Waals surface area contributed by atoms with E-state index in [0.717, 1.165) is 43.4 Å². The summed E-state index contributed by atoms with van der Waals surface area (Å²) in [6.07, 6.45) is 15.4. The summed E-state index contributed by atoms with van der Waals surface area (Å²) >= 11 is 0. The third-order valence-corrected chi connectivity index (χ3v) is 5.47. The maximum atomic E-state index is 10.5. The van der Waals surface area contributed by atoms with Crippen molar-refractivity contribution in [3.8, 4) is 0 Å². The second-order valence-electron chi connectivity index (χ2n) is 6.72. The summed E-state index contributed by atoms with van der Waals surface area (Å²) in [6, 6.07) is 0. The van der Waals surface area contributed by atoms with Crippen LogP contribution >= 0.6 is 0 Å². The zero-order valence-corrected chi connectivity index (χ0v) is 12.2. The third-order valence-electron chi connectivity index (χ3n) is 5.47. The lowest BCUT2D eigenvalue weighted by Gasteiger charge is -2.40. The summed E-state index contributed by atoms with van der Waals surface area (Å²) in [4.78, 5) is 0. The van der Waals surface area contributed by atoms with Gasteiger partial charge >= 0.3 is 0 Å². The van der Waals surface area contributed by atoms with Crippen molar-refractivity contribution in [2.75, 3.05) is 0 Å². The molecule has 2 rings (SSSR count). The van der Waals surface area contributed by atoms with E-state index in [4.69, 9.17) is 0 Å². The van der Waals surface area contributed by atoms with Crippen LogP contribution in [-0.2, 0) is 0 Å². The van der Waals surface area contributed by atoms with Crippen molar-refractivity contribution in [2.45, 2.75) is 77.2 Å². The molecule has 2 unspecified atom stereocenters. The average Bonchev–Trinajstić information content (AvgIpc) is 2.40. The number of hydrogen-bond donors (Lipinski definition) is 1. The van der Waals surface area contributed by atoms with E-state index < -0.39 is 0 Å². The topological polar surface area (TPSA) is 20.2 Å². The standard InChI is InChI=1S/C17H30O/c1-3-11-17(18)12-9-16(10-13-17)14(2)15-7-5-4-6-8-15/h4-5,14-16,18H,3,6-13H2,1-2H3. The van der Waals surface area contributed by atoms with Crippen molar-refractivity contribution in [3.05, 3.63) is 12.2 Å². The molecule has 0 aromatic heterocycles. The molecule has 2 aliphatic carbocycles. The predicted octanol–water partition coefficient (Wildman–Crippen LogP) is 4.70. The Hall–Kier alpha value is -0.300. The smallest absolute Gasteiger partial charge is 0.0648 e. The second-order valence-corrected chi connectivity index (χ2v) is 6.72. The van der Waals surface area contributed by atoms with Crippen LogP contribution in [0.3, 0.4) is 0 Å². The molecule has 18 heavy (non-hydrogen) atoms. The van der Waals surface area contributed by atoms with Gasteiger partial charge in [-0.25, -0.2) is 0 Å². The van der Waals surface area contributed by atoms with Crippen LogP contribution in [-0.4, -0.2) is 10.7 Å². The van der Waals surface area contributed by atoms with Crippen molar-refractivity contribution in [1.29, 1.82) is 0 Å². The first-order valence-electron chi connectivity index (χ1n) is 8.02. The van der Waals surface area contributed by atoms with Gasteiger partial charge in [0.2, 0.25) is 0 Å². The molecule has 2 atom stereocenters. The summed E-state index contributed by atoms with van der Waals surface area (Å²) in [5.74, 6) is 2.61. The van der Waals surface area contributed by atoms with Gasteiger partial charge in [-0.3, -0.25) is 0 Å². The molecule has 1 nitrogen and oxygen atoms in total. The van der Waals surface area contributed by atoms with E-state index in [1.807, 2.05) is 0 Å². The number of aliphatic hydroxyl groups is 1. The normalized spacial score (nSPS) is 38.6. The molecule has 0 radical (unpaired) electrons. The monoisotopic (exact) mass is 250 g/mol. The fourth-order valence-electron chi connectivity index (χ4n) is 4.10. The first-order chi connectivity index (χ1) is 8.64. The summed E-state index contributed by atoms with van der Waals surface area (Å²) in [7, 11) is 0. The van der Waals surface area contributed by atoms with Crippen LogP contribution in [0.2, 0.25) is 0 Å². The van der Waals surface area contributed by atoms with Gasteiger partial charge in [0.05, 0.1) is 5.60 Å². The number of hydrogen-bond acceptors (Lipinski definition) is 1. The Labute approximate surface area is 113 Å². The molecule has 1 fully saturated rings. The summed E-state index contributed by atoms with van der Waals surface area (Å²) in [5.41, 5.74) is -0.322. The molecular formula is C17H30O. The van der Waals surface area contributed by atoms with Crippen molar-refractivity contribution in [3.63, 3.8) is 0 Å². The van der Waals surface area contributed by atoms with Crippen molar-refractivity contribution < 1.29 is 5.11 Å². The largest absolute Gasteiger partial charge is 0.390 e. The van der Waals surface area contributed by atoms with E-state index in [9.17, 15) is 5.11 Å². The van der Waals surface area contributed by atoms with E-state index in [0.29, 0.717) is 0 Å². The van der Waals surface area contributed by atoms with E-state index in [2.05, 4.69) is 26.0 Å². The van der Waals surface area contributed by atoms with Gasteiger partial charge in [0, 0.05) is 0 Å². The van der Waals surface area contributed by atoms with Crippen LogP contribution in [0.25, 0.3) is 0 Å². The number of allylic oxidation sites excluding steroid dienone is 2. The second kappa shape index (κ2) is 6.23. The molecule has 1 saturated carbocycles. The average molecular weight is 250 g/mol. The molecule has 104 valence electrons. The zero-order valence-electron chi connectivity index (χ0n) is 12.2. The molecule has 0 bridgehead atoms. The van der Waals surface area contributed by atoms with Gasteiger partial charge in [0.25, 0.3) is 0 Å². The van der Waals surface area contributed by atoms with Crippen molar-refractivity contribution >= 4 is 0 Å². The Morgan fingerprint density at radius 1 is 1.17 bits per heavy atom. The van der Waals surface area contributed by atoms with Crippen LogP contribution < -0.4 is 0 Å². The fourth-order valence-corrected chi connectivity index (χ4v) is 4.10. The van der Waals surface area contributed by atoms with Gasteiger partial charge in [-0.15, -0.1) is 0 Å². The molecule has 1 N–H and O–H groups in total. The van der Waals surface area contributed by atoms with Crippen LogP contribution in [0.4, 0.5) is 0 Å². The minimum atomic E-state index is -0.322. The van der Waals surface area contributed by atoms with Gasteiger partial charge in [0.15, 0.2) is 0 Å². The van der Waals surface area contributed by atoms with Crippen LogP contribution in [0.5, 0.6) is 0 Å². The molecule has 0 aliphatic heterocycles. The Balaban J connectivity index is 1.83. The maximum Gasteiger partial charge on any atom is 0.0648 e. The van der Waals surface area contributed by atoms with E-state index >= 15 is 0 Å². The summed E-state index contributed by atoms with van der Waals surface area (Å²) < 4.78 is 0. The summed E-state index contributed by atoms with van der Waals surface area (Å²) in [6.45, 7) is 4.64. The van der Waals surface area contributed by atoms with E-state index in [1.54, 1.807) is 0 Å². The van der Waals surface area contributed by atoms with Crippen molar-refractivity contribution in [1.82, 2.24) is 0 Å². The highest BCUT2D eigenvalue weighted by molar-refractivity contribution is 4.94. The molecule has 0 spiro atoms. The van der Waals surface area contributed by atoms with Crippen LogP contribution in [0.15, 0.2) is 12.2 Å². The Kier molecular flexibility index (Phi) is 4.89. The summed E-state index contributed by atoms with van der Waals surface area (Å²) in [5, 5.41) is 10.5. The van der Waals surface area contributed by atoms with Gasteiger partial charge in [-0.05, 0) is 69.1 Å². The first-order valence-corrected chi connectivity index (χ1v) is 8.02. The quantitative estimate of drug-likeness (QED) is 0.717. The fraction of sp³-hybridized carbons (Fsp3) is 0.882. The molecule has 0 heterocycles. The Bertz CT molecular complexity index is 273. The molecule has 2 aliphatic rings. The molecule has 0 aromatic carbocycles. The lowest BCUT2D eigenvalue weighted by Crippen LogP contribution is -2.36. The molecule has 0 saturated heterocycles. The maximum absolute atomic E-state index is 10.5. The van der Waals surface area contributed by atoms with Crippen LogP contribution in [0, 0.1) is 17.8 Å². The lowest BCUT2D eigenvalue weighted by atomic mass is 9.68. The first kappa shape index (κ1) is 14.1. The highest BCUT2D eigenvalue weighted by Gasteiger charge is 2.35. The minimum Gasteiger partial charge on any atom is -0.390 e. The highest BCUT2D eigenvalue weighted by Crippen LogP contribution is 2.42. The third kappa shape index (κ3) is 3.38. The van der Waals surface area contributed by atoms with Crippen molar-refractivity contribution in [2.24, 2.45) is 17.8 Å². The van der Waals surface area contributed by atoms with Gasteiger partial charge in [-0.1, -0.05) is 32.4 Å². The molecule has 0 aromatic rings. The van der Waals surface area contributed by atoms with E-state index in [1.165, 1.54) is 32.1 Å². The zero-order chi connectivity index (χ0) is 13.0. The molecular weight excluding hydrogens is 220 g/mol. The number of rotatable bonds is 4. The van der Waals surface area contributed by atoms with E-state index in [-0.39, 0.29) is 5.60 Å². The minimum absolute atomic E-state index is 0.322. The molecule has 1 heteroatoms. The SMILES string of the molecule is CCCC1(O)CCC(C(C)C2CC=CCC2)CC1. The molecule has 0 amide bonds. The predicted molar refractivity (Wildman–Crippen MR) is 77.5 cm³/mol. The Morgan fingerprint density at radius 2 is 1.89 bits per heavy atom. The Morgan fingerprint density at radius 3 is 2.44 bits per heavy atom. The van der Waals surface area contributed by atoms with Gasteiger partial charge < -0.3 is 5.11 Å². The highest BCUT2D eigenvalue weighted by atomic mass is 16.3.